The molecule has 2 N–H and O–H groups in total. The van der Waals surface area contributed by atoms with Gasteiger partial charge in [-0.1, -0.05) is 13.0 Å². The van der Waals surface area contributed by atoms with E-state index < -0.39 is 0 Å². The summed E-state index contributed by atoms with van der Waals surface area (Å²) >= 11 is 0. The van der Waals surface area contributed by atoms with Crippen LogP contribution in [0.1, 0.15) is 13.3 Å². The highest BCUT2D eigenvalue weighted by Gasteiger charge is 2.18. The van der Waals surface area contributed by atoms with Gasteiger partial charge in [0.1, 0.15) is 5.75 Å². The van der Waals surface area contributed by atoms with Crippen molar-refractivity contribution >= 4 is 5.69 Å². The van der Waals surface area contributed by atoms with Crippen LogP contribution in [0.4, 0.5) is 5.69 Å². The quantitative estimate of drug-likeness (QED) is 0.875. The molecule has 0 amide bonds. The van der Waals surface area contributed by atoms with Crippen molar-refractivity contribution in [3.8, 4) is 5.75 Å². The molecule has 1 aliphatic heterocycles. The van der Waals surface area contributed by atoms with Gasteiger partial charge in [0.15, 0.2) is 0 Å². The molecule has 1 atom stereocenters. The Morgan fingerprint density at radius 1 is 1.26 bits per heavy atom. The van der Waals surface area contributed by atoms with E-state index in [1.54, 1.807) is 7.11 Å². The first-order valence-electron chi connectivity index (χ1n) is 7.10. The van der Waals surface area contributed by atoms with E-state index in [0.717, 1.165) is 44.9 Å². The van der Waals surface area contributed by atoms with E-state index >= 15 is 0 Å². The maximum atomic E-state index is 6.02. The Morgan fingerprint density at radius 3 is 2.63 bits per heavy atom. The molecular formula is C15H25N3O. The monoisotopic (exact) mass is 263 g/mol. The molecule has 4 heteroatoms. The molecule has 1 fully saturated rings. The fourth-order valence-corrected chi connectivity index (χ4v) is 2.46. The zero-order chi connectivity index (χ0) is 13.7. The highest BCUT2D eigenvalue weighted by molar-refractivity contribution is 5.51. The maximum absolute atomic E-state index is 6.02. The van der Waals surface area contributed by atoms with Crippen molar-refractivity contribution in [3.63, 3.8) is 0 Å². The average molecular weight is 263 g/mol. The zero-order valence-electron chi connectivity index (χ0n) is 12.0. The van der Waals surface area contributed by atoms with Crippen LogP contribution >= 0.6 is 0 Å². The van der Waals surface area contributed by atoms with E-state index in [1.807, 2.05) is 12.1 Å². The highest BCUT2D eigenvalue weighted by atomic mass is 16.5. The summed E-state index contributed by atoms with van der Waals surface area (Å²) in [7, 11) is 1.71. The summed E-state index contributed by atoms with van der Waals surface area (Å²) in [5, 5.41) is 0. The van der Waals surface area contributed by atoms with E-state index in [2.05, 4.69) is 28.9 Å². The third-order valence-electron chi connectivity index (χ3n) is 3.81. The Hall–Kier alpha value is -1.26. The molecule has 1 heterocycles. The summed E-state index contributed by atoms with van der Waals surface area (Å²) in [6, 6.07) is 8.60. The number of methoxy groups -OCH3 is 1. The highest BCUT2D eigenvalue weighted by Crippen LogP contribution is 2.22. The number of nitrogens with zero attached hydrogens (tertiary/aromatic N) is 2. The van der Waals surface area contributed by atoms with Gasteiger partial charge in [0.25, 0.3) is 0 Å². The standard InChI is InChI=1S/C15H25N3O/c1-3-13(16)12-17-7-9-18(10-8-17)14-5-4-6-15(11-14)19-2/h4-6,11,13H,3,7-10,12,16H2,1-2H3. The van der Waals surface area contributed by atoms with Gasteiger partial charge < -0.3 is 15.4 Å². The third kappa shape index (κ3) is 3.85. The lowest BCUT2D eigenvalue weighted by Crippen LogP contribution is -2.49. The van der Waals surface area contributed by atoms with Crippen molar-refractivity contribution in [1.82, 2.24) is 4.90 Å². The molecule has 1 unspecified atom stereocenters. The molecule has 2 rings (SSSR count). The number of ether oxygens (including phenoxy) is 1. The van der Waals surface area contributed by atoms with E-state index in [9.17, 15) is 0 Å². The molecule has 1 saturated heterocycles. The van der Waals surface area contributed by atoms with Gasteiger partial charge in [0.2, 0.25) is 0 Å². The van der Waals surface area contributed by atoms with E-state index in [-0.39, 0.29) is 0 Å². The Kier molecular flexibility index (Phi) is 5.05. The summed E-state index contributed by atoms with van der Waals surface area (Å²) in [6.45, 7) is 7.46. The normalized spacial score (nSPS) is 18.4. The lowest BCUT2D eigenvalue weighted by atomic mass is 10.2. The lowest BCUT2D eigenvalue weighted by Gasteiger charge is -2.37. The molecule has 1 aromatic carbocycles. The fourth-order valence-electron chi connectivity index (χ4n) is 2.46. The molecule has 0 saturated carbocycles. The van der Waals surface area contributed by atoms with Gasteiger partial charge in [0, 0.05) is 50.5 Å². The van der Waals surface area contributed by atoms with Crippen LogP contribution in [0.2, 0.25) is 0 Å². The van der Waals surface area contributed by atoms with Crippen LogP contribution in [-0.4, -0.2) is 50.8 Å². The topological polar surface area (TPSA) is 41.7 Å². The van der Waals surface area contributed by atoms with Gasteiger partial charge in [-0.05, 0) is 18.6 Å². The number of hydrogen-bond donors (Lipinski definition) is 1. The molecule has 0 bridgehead atoms. The van der Waals surface area contributed by atoms with Crippen LogP contribution in [0.5, 0.6) is 5.75 Å². The second-order valence-electron chi connectivity index (χ2n) is 5.16. The van der Waals surface area contributed by atoms with E-state index in [1.165, 1.54) is 5.69 Å². The molecule has 106 valence electrons. The van der Waals surface area contributed by atoms with Crippen molar-refractivity contribution in [3.05, 3.63) is 24.3 Å². The third-order valence-corrected chi connectivity index (χ3v) is 3.81. The summed E-state index contributed by atoms with van der Waals surface area (Å²) in [4.78, 5) is 4.88. The van der Waals surface area contributed by atoms with Crippen molar-refractivity contribution < 1.29 is 4.74 Å². The van der Waals surface area contributed by atoms with Gasteiger partial charge in [-0.15, -0.1) is 0 Å². The van der Waals surface area contributed by atoms with Gasteiger partial charge in [-0.3, -0.25) is 4.90 Å². The first-order chi connectivity index (χ1) is 9.22. The summed E-state index contributed by atoms with van der Waals surface area (Å²) in [5.74, 6) is 0.924. The minimum Gasteiger partial charge on any atom is -0.497 e. The van der Waals surface area contributed by atoms with Crippen molar-refractivity contribution in [2.75, 3.05) is 44.7 Å². The molecular weight excluding hydrogens is 238 g/mol. The smallest absolute Gasteiger partial charge is 0.120 e. The second kappa shape index (κ2) is 6.78. The van der Waals surface area contributed by atoms with Gasteiger partial charge in [-0.25, -0.2) is 0 Å². The average Bonchev–Trinajstić information content (AvgIpc) is 2.48. The first kappa shape index (κ1) is 14.2. The number of anilines is 1. The van der Waals surface area contributed by atoms with Crippen LogP contribution in [0, 0.1) is 0 Å². The molecule has 0 aromatic heterocycles. The Balaban J connectivity index is 1.88. The first-order valence-corrected chi connectivity index (χ1v) is 7.10. The number of nitrogens with two attached hydrogens (primary N) is 1. The SMILES string of the molecule is CCC(N)CN1CCN(c2cccc(OC)c2)CC1. The largest absolute Gasteiger partial charge is 0.497 e. The molecule has 0 aliphatic carbocycles. The number of rotatable bonds is 5. The van der Waals surface area contributed by atoms with E-state index in [0.29, 0.717) is 6.04 Å². The fraction of sp³-hybridized carbons (Fsp3) is 0.600. The van der Waals surface area contributed by atoms with Crippen LogP contribution in [-0.2, 0) is 0 Å². The lowest BCUT2D eigenvalue weighted by molar-refractivity contribution is 0.240. The predicted molar refractivity (Wildman–Crippen MR) is 79.9 cm³/mol. The Bertz CT molecular complexity index is 389. The molecule has 4 nitrogen and oxygen atoms in total. The molecule has 0 spiro atoms. The van der Waals surface area contributed by atoms with Crippen molar-refractivity contribution in [1.29, 1.82) is 0 Å². The van der Waals surface area contributed by atoms with Gasteiger partial charge in [-0.2, -0.15) is 0 Å². The number of hydrogen-bond acceptors (Lipinski definition) is 4. The second-order valence-corrected chi connectivity index (χ2v) is 5.16. The van der Waals surface area contributed by atoms with Gasteiger partial charge in [0.05, 0.1) is 7.11 Å². The minimum absolute atomic E-state index is 0.309. The molecule has 1 aliphatic rings. The van der Waals surface area contributed by atoms with Crippen molar-refractivity contribution in [2.45, 2.75) is 19.4 Å². The molecule has 19 heavy (non-hydrogen) atoms. The zero-order valence-corrected chi connectivity index (χ0v) is 12.0. The maximum Gasteiger partial charge on any atom is 0.120 e. The van der Waals surface area contributed by atoms with Crippen LogP contribution < -0.4 is 15.4 Å². The summed E-state index contributed by atoms with van der Waals surface area (Å²) < 4.78 is 5.28. The number of benzene rings is 1. The van der Waals surface area contributed by atoms with Crippen LogP contribution in [0.15, 0.2) is 24.3 Å². The molecule has 1 aromatic rings. The predicted octanol–water partition coefficient (Wildman–Crippen LogP) is 1.55. The minimum atomic E-state index is 0.309. The van der Waals surface area contributed by atoms with Crippen molar-refractivity contribution in [2.24, 2.45) is 5.73 Å². The summed E-state index contributed by atoms with van der Waals surface area (Å²) in [5.41, 5.74) is 7.26. The number of piperazine rings is 1. The van der Waals surface area contributed by atoms with Crippen LogP contribution in [0.3, 0.4) is 0 Å². The Morgan fingerprint density at radius 2 is 2.00 bits per heavy atom. The van der Waals surface area contributed by atoms with Gasteiger partial charge >= 0.3 is 0 Å². The van der Waals surface area contributed by atoms with Crippen LogP contribution in [0.25, 0.3) is 0 Å². The summed E-state index contributed by atoms with van der Waals surface area (Å²) in [6.07, 6.45) is 1.05. The molecule has 0 radical (unpaired) electrons. The van der Waals surface area contributed by atoms with E-state index in [4.69, 9.17) is 10.5 Å². The Labute approximate surface area is 116 Å².